The molecule has 0 aromatic heterocycles. The molecule has 0 bridgehead atoms. The summed E-state index contributed by atoms with van der Waals surface area (Å²) < 4.78 is 0. The van der Waals surface area contributed by atoms with Gasteiger partial charge in [-0.3, -0.25) is 4.79 Å². The Labute approximate surface area is 129 Å². The quantitative estimate of drug-likeness (QED) is 0.463. The maximum absolute atomic E-state index is 12.6. The Morgan fingerprint density at radius 3 is 2.16 bits per heavy atom. The number of hydrogen-bond donors (Lipinski definition) is 0. The van der Waals surface area contributed by atoms with Crippen LogP contribution < -0.4 is 5.30 Å². The van der Waals surface area contributed by atoms with Gasteiger partial charge in [-0.15, -0.1) is 9.24 Å². The van der Waals surface area contributed by atoms with E-state index in [4.69, 9.17) is 0 Å². The summed E-state index contributed by atoms with van der Waals surface area (Å²) in [5.41, 5.74) is 4.87. The zero-order chi connectivity index (χ0) is 13.3. The van der Waals surface area contributed by atoms with Gasteiger partial charge in [0.05, 0.1) is 0 Å². The van der Waals surface area contributed by atoms with Gasteiger partial charge in [0.1, 0.15) is 0 Å². The van der Waals surface area contributed by atoms with Crippen LogP contribution in [0.3, 0.4) is 0 Å². The van der Waals surface area contributed by atoms with Crippen LogP contribution >= 0.6 is 9.24 Å². The number of carbonyl (C=O) groups is 1. The molecule has 0 saturated heterocycles. The van der Waals surface area contributed by atoms with Gasteiger partial charge in [-0.2, -0.15) is 0 Å². The second-order valence-electron chi connectivity index (χ2n) is 4.62. The number of ketones is 1. The van der Waals surface area contributed by atoms with Crippen molar-refractivity contribution < 1.29 is 4.79 Å². The van der Waals surface area contributed by atoms with Gasteiger partial charge in [0.15, 0.2) is 5.78 Å². The fraction of sp³-hybridized carbons (Fsp3) is 0.188. The predicted molar refractivity (Wildman–Crippen MR) is 87.0 cm³/mol. The molecule has 0 spiro atoms. The summed E-state index contributed by atoms with van der Waals surface area (Å²) in [5, 5.41) is 0.947. The van der Waals surface area contributed by atoms with Gasteiger partial charge in [0.25, 0.3) is 0 Å². The summed E-state index contributed by atoms with van der Waals surface area (Å²) in [5.74, 6) is 0.110. The molecule has 0 aliphatic carbocycles. The topological polar surface area (TPSA) is 17.1 Å². The fourth-order valence-corrected chi connectivity index (χ4v) is 2.48. The molecule has 0 saturated carbocycles. The number of benzene rings is 2. The Balaban J connectivity index is 0.00000180. The van der Waals surface area contributed by atoms with E-state index in [0.717, 1.165) is 33.1 Å². The van der Waals surface area contributed by atoms with Crippen LogP contribution in [0.5, 0.6) is 0 Å². The van der Waals surface area contributed by atoms with Crippen molar-refractivity contribution in [1.29, 1.82) is 0 Å². The monoisotopic (exact) mass is 264 g/mol. The molecule has 19 heavy (non-hydrogen) atoms. The standard InChI is InChI=1S/C16H17OP.Li.H/c1-10-8-9-11(2)15(12(10)3)16(17)13-6-4-5-7-14(13)18;;/h4-9H,18H2,1-3H3;;. The number of aryl methyl sites for hydroxylation is 2. The molecule has 3 heteroatoms. The van der Waals surface area contributed by atoms with Gasteiger partial charge < -0.3 is 0 Å². The van der Waals surface area contributed by atoms with Crippen LogP contribution in [0.4, 0.5) is 0 Å². The Bertz CT molecular complexity index is 620. The molecule has 0 aliphatic rings. The molecule has 0 fully saturated rings. The summed E-state index contributed by atoms with van der Waals surface area (Å²) in [6.07, 6.45) is 0. The second-order valence-corrected chi connectivity index (χ2v) is 5.24. The molecule has 0 N–H and O–H groups in total. The van der Waals surface area contributed by atoms with Gasteiger partial charge in [0.2, 0.25) is 0 Å². The van der Waals surface area contributed by atoms with E-state index in [1.54, 1.807) is 0 Å². The molecule has 2 rings (SSSR count). The van der Waals surface area contributed by atoms with Gasteiger partial charge >= 0.3 is 18.9 Å². The van der Waals surface area contributed by atoms with E-state index in [9.17, 15) is 4.79 Å². The van der Waals surface area contributed by atoms with E-state index in [2.05, 4.69) is 15.3 Å². The molecule has 0 aliphatic heterocycles. The van der Waals surface area contributed by atoms with Gasteiger partial charge in [-0.05, 0) is 42.8 Å². The van der Waals surface area contributed by atoms with E-state index in [-0.39, 0.29) is 24.6 Å². The van der Waals surface area contributed by atoms with Gasteiger partial charge in [0, 0.05) is 11.1 Å². The molecule has 0 radical (unpaired) electrons. The third kappa shape index (κ3) is 3.18. The van der Waals surface area contributed by atoms with Crippen LogP contribution in [0.2, 0.25) is 0 Å². The van der Waals surface area contributed by atoms with Crippen LogP contribution in [0.25, 0.3) is 0 Å². The van der Waals surface area contributed by atoms with Crippen molar-refractivity contribution in [2.75, 3.05) is 0 Å². The molecular weight excluding hydrogens is 246 g/mol. The number of carbonyl (C=O) groups excluding carboxylic acids is 1. The molecule has 0 heterocycles. The first-order chi connectivity index (χ1) is 8.52. The van der Waals surface area contributed by atoms with Crippen molar-refractivity contribution >= 4 is 39.2 Å². The van der Waals surface area contributed by atoms with Crippen molar-refractivity contribution in [1.82, 2.24) is 0 Å². The summed E-state index contributed by atoms with van der Waals surface area (Å²) in [6.45, 7) is 6.05. The SMILES string of the molecule is Cc1ccc(C)c(C(=O)c2ccccc2P)c1C.[LiH]. The third-order valence-corrected chi connectivity index (χ3v) is 3.88. The second kappa shape index (κ2) is 6.53. The van der Waals surface area contributed by atoms with E-state index < -0.39 is 0 Å². The van der Waals surface area contributed by atoms with Crippen molar-refractivity contribution in [2.45, 2.75) is 20.8 Å². The molecule has 2 aromatic rings. The molecule has 2 aromatic carbocycles. The van der Waals surface area contributed by atoms with Gasteiger partial charge in [-0.25, -0.2) is 0 Å². The Morgan fingerprint density at radius 1 is 0.947 bits per heavy atom. The average molecular weight is 264 g/mol. The molecule has 94 valence electrons. The summed E-state index contributed by atoms with van der Waals surface area (Å²) in [7, 11) is 2.63. The summed E-state index contributed by atoms with van der Waals surface area (Å²) >= 11 is 0. The van der Waals surface area contributed by atoms with E-state index in [1.165, 1.54) is 0 Å². The van der Waals surface area contributed by atoms with E-state index in [1.807, 2.05) is 51.1 Å². The molecule has 0 amide bonds. The van der Waals surface area contributed by atoms with E-state index in [0.29, 0.717) is 0 Å². The van der Waals surface area contributed by atoms with Crippen molar-refractivity contribution in [3.8, 4) is 0 Å². The first-order valence-electron chi connectivity index (χ1n) is 5.98. The zero-order valence-electron chi connectivity index (χ0n) is 10.9. The maximum atomic E-state index is 12.6. The normalized spacial score (nSPS) is 9.89. The summed E-state index contributed by atoms with van der Waals surface area (Å²) in [6, 6.07) is 11.7. The minimum absolute atomic E-state index is 0. The molecule has 1 unspecified atom stereocenters. The zero-order valence-corrected chi connectivity index (χ0v) is 12.1. The van der Waals surface area contributed by atoms with Gasteiger partial charge in [-0.1, -0.05) is 36.4 Å². The van der Waals surface area contributed by atoms with Crippen molar-refractivity contribution in [3.63, 3.8) is 0 Å². The van der Waals surface area contributed by atoms with Crippen LogP contribution in [0, 0.1) is 20.8 Å². The fourth-order valence-electron chi connectivity index (χ4n) is 2.14. The van der Waals surface area contributed by atoms with Crippen LogP contribution in [-0.2, 0) is 0 Å². The first kappa shape index (κ1) is 16.2. The van der Waals surface area contributed by atoms with Crippen LogP contribution in [-0.4, -0.2) is 24.6 Å². The summed E-state index contributed by atoms with van der Waals surface area (Å²) in [4.78, 5) is 12.6. The van der Waals surface area contributed by atoms with E-state index >= 15 is 0 Å². The molecular formula is C16H18LiOP. The minimum atomic E-state index is 0. The molecule has 1 atom stereocenters. The average Bonchev–Trinajstić information content (AvgIpc) is 2.35. The number of rotatable bonds is 2. The van der Waals surface area contributed by atoms with Crippen LogP contribution in [0.15, 0.2) is 36.4 Å². The van der Waals surface area contributed by atoms with Crippen molar-refractivity contribution in [3.05, 3.63) is 64.2 Å². The number of hydrogen-bond acceptors (Lipinski definition) is 1. The Morgan fingerprint density at radius 2 is 1.53 bits per heavy atom. The third-order valence-electron chi connectivity index (χ3n) is 3.38. The predicted octanol–water partition coefficient (Wildman–Crippen LogP) is 2.69. The first-order valence-corrected chi connectivity index (χ1v) is 6.56. The molecule has 1 nitrogen and oxygen atoms in total. The Hall–Kier alpha value is -0.863. The van der Waals surface area contributed by atoms with Crippen LogP contribution in [0.1, 0.15) is 32.6 Å². The Kier molecular flexibility index (Phi) is 5.57. The van der Waals surface area contributed by atoms with Crippen molar-refractivity contribution in [2.24, 2.45) is 0 Å².